The van der Waals surface area contributed by atoms with Gasteiger partial charge in [-0.1, -0.05) is 11.6 Å². The molecule has 2 N–H and O–H groups in total. The Balaban J connectivity index is 0.00000242. The zero-order valence-corrected chi connectivity index (χ0v) is 14.2. The molecule has 1 aliphatic heterocycles. The highest BCUT2D eigenvalue weighted by Gasteiger charge is 2.26. The monoisotopic (exact) mass is 369 g/mol. The molecule has 0 aromatic heterocycles. The van der Waals surface area contributed by atoms with Crippen LogP contribution in [0.4, 0.5) is 5.69 Å². The van der Waals surface area contributed by atoms with Crippen molar-refractivity contribution in [1.82, 2.24) is 10.0 Å². The van der Waals surface area contributed by atoms with Crippen molar-refractivity contribution in [2.24, 2.45) is 0 Å². The Morgan fingerprint density at radius 1 is 1.50 bits per heavy atom. The van der Waals surface area contributed by atoms with E-state index in [0.717, 1.165) is 19.4 Å². The van der Waals surface area contributed by atoms with Crippen LogP contribution in [0.25, 0.3) is 0 Å². The normalized spacial score (nSPS) is 18.0. The quantitative estimate of drug-likeness (QED) is 0.610. The van der Waals surface area contributed by atoms with Crippen molar-refractivity contribution in [1.29, 1.82) is 0 Å². The van der Waals surface area contributed by atoms with Crippen molar-refractivity contribution in [2.45, 2.75) is 30.7 Å². The summed E-state index contributed by atoms with van der Waals surface area (Å²) in [7, 11) is -3.88. The standard InChI is InChI=1S/C12H16ClN3O4S.ClH/c1-8-5-10(16(17)18)12(13)11(6-8)21(19,20)15-7-9-3-2-4-14-9;/h5-6,9,14-15H,2-4,7H2,1H3;1H. The lowest BCUT2D eigenvalue weighted by atomic mass is 10.2. The van der Waals surface area contributed by atoms with Crippen LogP contribution < -0.4 is 10.0 Å². The number of halogens is 2. The average molecular weight is 370 g/mol. The van der Waals surface area contributed by atoms with E-state index >= 15 is 0 Å². The van der Waals surface area contributed by atoms with Gasteiger partial charge in [0.2, 0.25) is 10.0 Å². The number of nitro groups is 1. The number of rotatable bonds is 5. The molecule has 1 aromatic rings. The highest BCUT2D eigenvalue weighted by atomic mass is 35.5. The van der Waals surface area contributed by atoms with Gasteiger partial charge in [-0.25, -0.2) is 13.1 Å². The Bertz CT molecular complexity index is 661. The zero-order valence-electron chi connectivity index (χ0n) is 11.8. The highest BCUT2D eigenvalue weighted by Crippen LogP contribution is 2.32. The lowest BCUT2D eigenvalue weighted by molar-refractivity contribution is -0.385. The Kier molecular flexibility index (Phi) is 6.57. The van der Waals surface area contributed by atoms with Crippen LogP contribution in [-0.4, -0.2) is 32.5 Å². The van der Waals surface area contributed by atoms with Crippen molar-refractivity contribution in [3.05, 3.63) is 32.8 Å². The van der Waals surface area contributed by atoms with E-state index in [1.165, 1.54) is 12.1 Å². The van der Waals surface area contributed by atoms with Crippen LogP contribution in [0.2, 0.25) is 5.02 Å². The lowest BCUT2D eigenvalue weighted by Gasteiger charge is -2.13. The molecule has 124 valence electrons. The molecule has 22 heavy (non-hydrogen) atoms. The van der Waals surface area contributed by atoms with E-state index in [9.17, 15) is 18.5 Å². The van der Waals surface area contributed by atoms with Crippen molar-refractivity contribution in [3.8, 4) is 0 Å². The molecule has 0 radical (unpaired) electrons. The third kappa shape index (κ3) is 4.30. The number of aryl methyl sites for hydroxylation is 1. The summed E-state index contributed by atoms with van der Waals surface area (Å²) in [5, 5.41) is 13.7. The largest absolute Gasteiger partial charge is 0.313 e. The summed E-state index contributed by atoms with van der Waals surface area (Å²) in [5.74, 6) is 0. The Morgan fingerprint density at radius 2 is 2.18 bits per heavy atom. The van der Waals surface area contributed by atoms with Crippen LogP contribution in [0, 0.1) is 17.0 Å². The van der Waals surface area contributed by atoms with E-state index in [2.05, 4.69) is 10.0 Å². The summed E-state index contributed by atoms with van der Waals surface area (Å²) in [4.78, 5) is 9.97. The van der Waals surface area contributed by atoms with Gasteiger partial charge in [0, 0.05) is 18.7 Å². The Hall–Kier alpha value is -0.930. The van der Waals surface area contributed by atoms with Gasteiger partial charge in [-0.2, -0.15) is 0 Å². The third-order valence-corrected chi connectivity index (χ3v) is 5.29. The van der Waals surface area contributed by atoms with Gasteiger partial charge < -0.3 is 5.32 Å². The number of hydrogen-bond donors (Lipinski definition) is 2. The molecule has 0 saturated carbocycles. The summed E-state index contributed by atoms with van der Waals surface area (Å²) in [6.45, 7) is 2.68. The molecule has 10 heteroatoms. The van der Waals surface area contributed by atoms with Crippen LogP contribution in [0.15, 0.2) is 17.0 Å². The summed E-state index contributed by atoms with van der Waals surface area (Å²) in [5.41, 5.74) is 0.0569. The number of benzene rings is 1. The first-order valence-electron chi connectivity index (χ1n) is 6.49. The molecule has 0 bridgehead atoms. The molecule has 1 fully saturated rings. The second-order valence-electron chi connectivity index (χ2n) is 5.00. The molecule has 1 saturated heterocycles. The van der Waals surface area contributed by atoms with E-state index < -0.39 is 20.6 Å². The van der Waals surface area contributed by atoms with Gasteiger partial charge in [0.15, 0.2) is 0 Å². The summed E-state index contributed by atoms with van der Waals surface area (Å²) in [6, 6.07) is 2.66. The minimum absolute atomic E-state index is 0. The van der Waals surface area contributed by atoms with Gasteiger partial charge in [-0.05, 0) is 37.9 Å². The number of nitro benzene ring substituents is 1. The fourth-order valence-corrected chi connectivity index (χ4v) is 4.00. The number of sulfonamides is 1. The minimum atomic E-state index is -3.88. The van der Waals surface area contributed by atoms with Gasteiger partial charge in [0.05, 0.1) is 4.92 Å². The van der Waals surface area contributed by atoms with E-state index in [1.54, 1.807) is 6.92 Å². The van der Waals surface area contributed by atoms with Gasteiger partial charge >= 0.3 is 0 Å². The van der Waals surface area contributed by atoms with Gasteiger partial charge in [-0.15, -0.1) is 12.4 Å². The Labute approximate surface area is 140 Å². The van der Waals surface area contributed by atoms with E-state index in [0.29, 0.717) is 5.56 Å². The molecular formula is C12H17Cl2N3O4S. The fourth-order valence-electron chi connectivity index (χ4n) is 2.26. The topological polar surface area (TPSA) is 101 Å². The first-order valence-corrected chi connectivity index (χ1v) is 8.35. The smallest absolute Gasteiger partial charge is 0.289 e. The SMILES string of the molecule is Cc1cc([N+](=O)[O-])c(Cl)c(S(=O)(=O)NCC2CCCN2)c1.Cl. The second kappa shape index (κ2) is 7.56. The number of nitrogens with zero attached hydrogens (tertiary/aromatic N) is 1. The van der Waals surface area contributed by atoms with E-state index in [4.69, 9.17) is 11.6 Å². The first kappa shape index (κ1) is 19.1. The molecule has 2 rings (SSSR count). The molecule has 1 heterocycles. The summed E-state index contributed by atoms with van der Waals surface area (Å²) < 4.78 is 27.0. The molecule has 0 aliphatic carbocycles. The molecule has 1 aliphatic rings. The first-order chi connectivity index (χ1) is 9.81. The van der Waals surface area contributed by atoms with Gasteiger partial charge in [0.25, 0.3) is 5.69 Å². The predicted molar refractivity (Wildman–Crippen MR) is 86.3 cm³/mol. The van der Waals surface area contributed by atoms with E-state index in [-0.39, 0.29) is 34.9 Å². The number of hydrogen-bond acceptors (Lipinski definition) is 5. The van der Waals surface area contributed by atoms with Crippen LogP contribution in [0.1, 0.15) is 18.4 Å². The molecule has 0 spiro atoms. The van der Waals surface area contributed by atoms with Gasteiger partial charge in [0.1, 0.15) is 9.92 Å². The number of nitrogens with one attached hydrogen (secondary N) is 2. The van der Waals surface area contributed by atoms with Crippen LogP contribution >= 0.6 is 24.0 Å². The minimum Gasteiger partial charge on any atom is -0.313 e. The maximum absolute atomic E-state index is 12.3. The lowest BCUT2D eigenvalue weighted by Crippen LogP contribution is -2.37. The molecule has 1 aromatic carbocycles. The third-order valence-electron chi connectivity index (χ3n) is 3.33. The average Bonchev–Trinajstić information content (AvgIpc) is 2.91. The van der Waals surface area contributed by atoms with Crippen LogP contribution in [0.5, 0.6) is 0 Å². The molecule has 0 amide bonds. The van der Waals surface area contributed by atoms with Crippen molar-refractivity contribution < 1.29 is 13.3 Å². The van der Waals surface area contributed by atoms with E-state index in [1.807, 2.05) is 0 Å². The summed E-state index contributed by atoms with van der Waals surface area (Å²) in [6.07, 6.45) is 1.90. The Morgan fingerprint density at radius 3 is 2.73 bits per heavy atom. The maximum atomic E-state index is 12.3. The molecule has 7 nitrogen and oxygen atoms in total. The molecule has 1 unspecified atom stereocenters. The van der Waals surface area contributed by atoms with Crippen molar-refractivity contribution in [2.75, 3.05) is 13.1 Å². The molecular weight excluding hydrogens is 353 g/mol. The molecule has 1 atom stereocenters. The van der Waals surface area contributed by atoms with Crippen LogP contribution in [-0.2, 0) is 10.0 Å². The van der Waals surface area contributed by atoms with Crippen LogP contribution in [0.3, 0.4) is 0 Å². The predicted octanol–water partition coefficient (Wildman–Crippen LogP) is 2.01. The van der Waals surface area contributed by atoms with Crippen molar-refractivity contribution >= 4 is 39.7 Å². The highest BCUT2D eigenvalue weighted by molar-refractivity contribution is 7.89. The maximum Gasteiger partial charge on any atom is 0.289 e. The van der Waals surface area contributed by atoms with Crippen molar-refractivity contribution in [3.63, 3.8) is 0 Å². The summed E-state index contributed by atoms with van der Waals surface area (Å²) >= 11 is 5.88. The van der Waals surface area contributed by atoms with Gasteiger partial charge in [-0.3, -0.25) is 10.1 Å². The fraction of sp³-hybridized carbons (Fsp3) is 0.500. The zero-order chi connectivity index (χ0) is 15.6. The second-order valence-corrected chi connectivity index (χ2v) is 7.11.